The van der Waals surface area contributed by atoms with E-state index < -0.39 is 30.6 Å². The van der Waals surface area contributed by atoms with Crippen LogP contribution >= 0.6 is 0 Å². The largest absolute Gasteiger partial charge is 0.493 e. The molecule has 0 spiro atoms. The number of aliphatic hydroxyl groups excluding tert-OH is 1. The number of benzene rings is 2. The zero-order valence-corrected chi connectivity index (χ0v) is 17.9. The van der Waals surface area contributed by atoms with Gasteiger partial charge in [0, 0.05) is 12.1 Å². The first kappa shape index (κ1) is 24.6. The van der Waals surface area contributed by atoms with Gasteiger partial charge in [0.25, 0.3) is 5.91 Å². The SMILES string of the molecule is COc1ccc(C(CC(N)=O)N2Cc3ccccc3C2=O)cc1OC.NC(CO)C(=O)O. The second kappa shape index (κ2) is 11.1. The zero-order chi connectivity index (χ0) is 23.8. The van der Waals surface area contributed by atoms with Crippen molar-refractivity contribution in [3.05, 3.63) is 59.2 Å². The van der Waals surface area contributed by atoms with E-state index in [2.05, 4.69) is 0 Å². The van der Waals surface area contributed by atoms with Crippen molar-refractivity contribution in [2.24, 2.45) is 11.5 Å². The molecule has 2 aromatic carbocycles. The first-order valence-corrected chi connectivity index (χ1v) is 9.71. The van der Waals surface area contributed by atoms with Gasteiger partial charge in [-0.2, -0.15) is 0 Å². The van der Waals surface area contributed by atoms with Crippen LogP contribution in [0.4, 0.5) is 0 Å². The van der Waals surface area contributed by atoms with Crippen molar-refractivity contribution in [2.75, 3.05) is 20.8 Å². The van der Waals surface area contributed by atoms with E-state index in [-0.39, 0.29) is 12.3 Å². The van der Waals surface area contributed by atoms with E-state index >= 15 is 0 Å². The zero-order valence-electron chi connectivity index (χ0n) is 17.9. The summed E-state index contributed by atoms with van der Waals surface area (Å²) in [5.41, 5.74) is 12.6. The van der Waals surface area contributed by atoms with E-state index in [1.165, 1.54) is 0 Å². The van der Waals surface area contributed by atoms with Gasteiger partial charge in [0.1, 0.15) is 6.04 Å². The summed E-state index contributed by atoms with van der Waals surface area (Å²) in [6.07, 6.45) is 0.0369. The summed E-state index contributed by atoms with van der Waals surface area (Å²) >= 11 is 0. The van der Waals surface area contributed by atoms with Crippen LogP contribution in [0.1, 0.15) is 33.9 Å². The number of ether oxygens (including phenoxy) is 2. The van der Waals surface area contributed by atoms with Crippen molar-refractivity contribution in [3.63, 3.8) is 0 Å². The van der Waals surface area contributed by atoms with Crippen LogP contribution in [0.5, 0.6) is 11.5 Å². The highest BCUT2D eigenvalue weighted by atomic mass is 16.5. The number of rotatable bonds is 8. The predicted molar refractivity (Wildman–Crippen MR) is 115 cm³/mol. The van der Waals surface area contributed by atoms with Gasteiger partial charge in [0.15, 0.2) is 11.5 Å². The molecule has 0 aromatic heterocycles. The van der Waals surface area contributed by atoms with E-state index in [4.69, 9.17) is 31.2 Å². The number of carboxylic acid groups (broad SMARTS) is 1. The summed E-state index contributed by atoms with van der Waals surface area (Å²) in [7, 11) is 3.10. The van der Waals surface area contributed by atoms with Crippen molar-refractivity contribution >= 4 is 17.8 Å². The average molecular weight is 445 g/mol. The lowest BCUT2D eigenvalue weighted by atomic mass is 10.0. The number of nitrogens with zero attached hydrogens (tertiary/aromatic N) is 1. The maximum Gasteiger partial charge on any atom is 0.322 e. The van der Waals surface area contributed by atoms with Crippen LogP contribution in [0, 0.1) is 0 Å². The number of aliphatic carboxylic acids is 1. The molecule has 10 nitrogen and oxygen atoms in total. The highest BCUT2D eigenvalue weighted by molar-refractivity contribution is 5.98. The van der Waals surface area contributed by atoms with Crippen molar-refractivity contribution in [2.45, 2.75) is 25.0 Å². The molecule has 0 saturated carbocycles. The average Bonchev–Trinajstić information content (AvgIpc) is 3.13. The quantitative estimate of drug-likeness (QED) is 0.460. The van der Waals surface area contributed by atoms with Gasteiger partial charge in [0.05, 0.1) is 33.3 Å². The maximum absolute atomic E-state index is 12.8. The molecular weight excluding hydrogens is 418 g/mol. The van der Waals surface area contributed by atoms with E-state index in [9.17, 15) is 14.4 Å². The molecular formula is C22H27N3O7. The Morgan fingerprint density at radius 3 is 2.28 bits per heavy atom. The Bertz CT molecular complexity index is 980. The number of hydrogen-bond acceptors (Lipinski definition) is 7. The van der Waals surface area contributed by atoms with Gasteiger partial charge in [-0.05, 0) is 29.3 Å². The molecule has 2 atom stereocenters. The summed E-state index contributed by atoms with van der Waals surface area (Å²) in [5, 5.41) is 15.9. The Hall–Kier alpha value is -3.63. The molecule has 1 heterocycles. The smallest absolute Gasteiger partial charge is 0.322 e. The molecule has 1 aliphatic heterocycles. The fraction of sp³-hybridized carbons (Fsp3) is 0.318. The van der Waals surface area contributed by atoms with Crippen LogP contribution in [0.3, 0.4) is 0 Å². The summed E-state index contributed by atoms with van der Waals surface area (Å²) in [5.74, 6) is -0.624. The number of carbonyl (C=O) groups excluding carboxylic acids is 2. The predicted octanol–water partition coefficient (Wildman–Crippen LogP) is 0.667. The number of methoxy groups -OCH3 is 2. The second-order valence-corrected chi connectivity index (χ2v) is 7.02. The summed E-state index contributed by atoms with van der Waals surface area (Å²) in [4.78, 5) is 35.7. The standard InChI is InChI=1S/C19H20N2O4.C3H7NO3/c1-24-16-8-7-12(9-17(16)25-2)15(10-18(20)22)21-11-13-5-3-4-6-14(13)19(21)23;4-2(1-5)3(6)7/h3-9,15H,10-11H2,1-2H3,(H2,20,22);2,5H,1,4H2,(H,6,7). The number of carboxylic acids is 1. The number of aliphatic hydroxyl groups is 1. The van der Waals surface area contributed by atoms with Gasteiger partial charge in [0.2, 0.25) is 5.91 Å². The Labute approximate surface area is 185 Å². The number of nitrogens with two attached hydrogens (primary N) is 2. The van der Waals surface area contributed by atoms with Crippen molar-refractivity contribution < 1.29 is 34.1 Å². The monoisotopic (exact) mass is 445 g/mol. The first-order valence-electron chi connectivity index (χ1n) is 9.71. The third-order valence-corrected chi connectivity index (χ3v) is 4.93. The van der Waals surface area contributed by atoms with Gasteiger partial charge in [-0.25, -0.2) is 0 Å². The Kier molecular flexibility index (Phi) is 8.56. The molecule has 10 heteroatoms. The second-order valence-electron chi connectivity index (χ2n) is 7.02. The number of primary amides is 1. The summed E-state index contributed by atoms with van der Waals surface area (Å²) in [6.45, 7) is -0.0589. The van der Waals surface area contributed by atoms with Gasteiger partial charge in [-0.3, -0.25) is 14.4 Å². The van der Waals surface area contributed by atoms with Crippen LogP contribution in [-0.4, -0.2) is 59.8 Å². The van der Waals surface area contributed by atoms with Crippen LogP contribution in [0.25, 0.3) is 0 Å². The van der Waals surface area contributed by atoms with E-state index in [1.54, 1.807) is 37.3 Å². The maximum atomic E-state index is 12.8. The number of carbonyl (C=O) groups is 3. The summed E-state index contributed by atoms with van der Waals surface area (Å²) < 4.78 is 10.6. The lowest BCUT2D eigenvalue weighted by molar-refractivity contribution is -0.139. The third kappa shape index (κ3) is 5.74. The molecule has 32 heavy (non-hydrogen) atoms. The minimum absolute atomic E-state index is 0.0369. The fourth-order valence-corrected chi connectivity index (χ4v) is 3.27. The lowest BCUT2D eigenvalue weighted by Crippen LogP contribution is -2.33. The molecule has 2 unspecified atom stereocenters. The normalized spacial score (nSPS) is 14.0. The van der Waals surface area contributed by atoms with E-state index in [0.29, 0.717) is 23.6 Å². The van der Waals surface area contributed by atoms with Crippen LogP contribution in [0.2, 0.25) is 0 Å². The van der Waals surface area contributed by atoms with E-state index in [1.807, 2.05) is 24.3 Å². The molecule has 0 radical (unpaired) electrons. The van der Waals surface area contributed by atoms with Gasteiger partial charge in [-0.15, -0.1) is 0 Å². The fourth-order valence-electron chi connectivity index (χ4n) is 3.27. The lowest BCUT2D eigenvalue weighted by Gasteiger charge is -2.28. The van der Waals surface area contributed by atoms with Gasteiger partial charge >= 0.3 is 5.97 Å². The Morgan fingerprint density at radius 2 is 1.78 bits per heavy atom. The molecule has 0 bridgehead atoms. The number of fused-ring (bicyclic) bond motifs is 1. The molecule has 0 fully saturated rings. The number of amides is 2. The molecule has 0 aliphatic carbocycles. The minimum Gasteiger partial charge on any atom is -0.493 e. The minimum atomic E-state index is -1.18. The topological polar surface area (TPSA) is 165 Å². The third-order valence-electron chi connectivity index (χ3n) is 4.93. The van der Waals surface area contributed by atoms with Crippen molar-refractivity contribution in [1.82, 2.24) is 4.90 Å². The Balaban J connectivity index is 0.000000451. The van der Waals surface area contributed by atoms with E-state index in [0.717, 1.165) is 11.1 Å². The van der Waals surface area contributed by atoms with Crippen LogP contribution in [0.15, 0.2) is 42.5 Å². The van der Waals surface area contributed by atoms with Crippen LogP contribution < -0.4 is 20.9 Å². The molecule has 2 amide bonds. The van der Waals surface area contributed by atoms with Crippen LogP contribution in [-0.2, 0) is 16.1 Å². The molecule has 0 saturated heterocycles. The molecule has 172 valence electrons. The summed E-state index contributed by atoms with van der Waals surface area (Å²) in [6, 6.07) is 11.2. The molecule has 3 rings (SSSR count). The molecule has 2 aromatic rings. The molecule has 1 aliphatic rings. The Morgan fingerprint density at radius 1 is 1.12 bits per heavy atom. The van der Waals surface area contributed by atoms with Gasteiger partial charge in [-0.1, -0.05) is 24.3 Å². The van der Waals surface area contributed by atoms with Crippen molar-refractivity contribution in [3.8, 4) is 11.5 Å². The van der Waals surface area contributed by atoms with Gasteiger partial charge < -0.3 is 36.1 Å². The number of hydrogen-bond donors (Lipinski definition) is 4. The highest BCUT2D eigenvalue weighted by Gasteiger charge is 2.34. The van der Waals surface area contributed by atoms with Crippen molar-refractivity contribution in [1.29, 1.82) is 0 Å². The molecule has 6 N–H and O–H groups in total. The highest BCUT2D eigenvalue weighted by Crippen LogP contribution is 2.37. The first-order chi connectivity index (χ1) is 15.2.